The van der Waals surface area contributed by atoms with E-state index in [4.69, 9.17) is 16.3 Å². The molecule has 13 nitrogen and oxygen atoms in total. The molecule has 0 aliphatic carbocycles. The number of carbonyl (C=O) groups is 4. The number of fused-ring (bicyclic) bond motifs is 2. The number of hydrogen-bond acceptors (Lipinski definition) is 9. The second kappa shape index (κ2) is 15.5. The Kier molecular flexibility index (Phi) is 11.4. The number of likely N-dealkylation sites (tertiary alicyclic amines) is 1. The van der Waals surface area contributed by atoms with Crippen LogP contribution in [0.1, 0.15) is 63.4 Å². The lowest BCUT2D eigenvalue weighted by Crippen LogP contribution is -2.50. The Hall–Kier alpha value is -4.01. The van der Waals surface area contributed by atoms with Crippen LogP contribution in [0.2, 0.25) is 5.02 Å². The number of esters is 1. The monoisotopic (exact) mass is 701 g/mol. The number of unbranched alkanes of at least 4 members (excludes halogenated alkanes) is 2. The number of amides is 3. The van der Waals surface area contributed by atoms with Crippen LogP contribution in [0.3, 0.4) is 0 Å². The largest absolute Gasteiger partial charge is 0.457 e. The summed E-state index contributed by atoms with van der Waals surface area (Å²) < 4.78 is 32.9. The molecule has 48 heavy (non-hydrogen) atoms. The number of aromatic nitrogens is 2. The first-order valence-corrected chi connectivity index (χ1v) is 18.2. The zero-order chi connectivity index (χ0) is 34.4. The van der Waals surface area contributed by atoms with Gasteiger partial charge in [0, 0.05) is 37.1 Å². The number of imidazole rings is 1. The second-order valence-corrected chi connectivity index (χ2v) is 14.6. The third-order valence-electron chi connectivity index (χ3n) is 8.71. The van der Waals surface area contributed by atoms with E-state index >= 15 is 0 Å². The number of nitrogens with one attached hydrogen (secondary N) is 1. The molecule has 1 saturated heterocycles. The molecule has 0 spiro atoms. The molecule has 0 bridgehead atoms. The predicted molar refractivity (Wildman–Crippen MR) is 177 cm³/mol. The zero-order valence-corrected chi connectivity index (χ0v) is 28.3. The van der Waals surface area contributed by atoms with Gasteiger partial charge in [-0.05, 0) is 54.3 Å². The molecule has 15 heteroatoms. The molecule has 2 N–H and O–H groups in total. The third-order valence-corrected chi connectivity index (χ3v) is 10.7. The van der Waals surface area contributed by atoms with Crippen molar-refractivity contribution in [3.05, 3.63) is 59.1 Å². The molecule has 0 saturated carbocycles. The number of carbonyl (C=O) groups excluding carboxylic acids is 4. The van der Waals surface area contributed by atoms with Gasteiger partial charge in [-0.3, -0.25) is 14.4 Å². The number of benzene rings is 2. The molecule has 1 fully saturated rings. The summed E-state index contributed by atoms with van der Waals surface area (Å²) in [6.45, 7) is 2.83. The topological polar surface area (TPSA) is 168 Å². The number of ether oxygens (including phenoxy) is 1. The molecule has 258 valence electrons. The average Bonchev–Trinajstić information content (AvgIpc) is 3.62. The first kappa shape index (κ1) is 35.3. The average molecular weight is 702 g/mol. The number of nitrogens with zero attached hydrogens (tertiary/aromatic N) is 4. The van der Waals surface area contributed by atoms with Crippen LogP contribution in [-0.4, -0.2) is 94.2 Å². The van der Waals surface area contributed by atoms with Crippen LogP contribution in [-0.2, 0) is 42.1 Å². The fraction of sp³-hybridized carbons (Fsp3) is 0.485. The Bertz CT molecular complexity index is 1790. The van der Waals surface area contributed by atoms with Crippen molar-refractivity contribution >= 4 is 56.0 Å². The SMILES string of the molecule is CCCCCC(=O)NCCC(=O)OCc1ncc2n1C(=O)N(C1CCN(C(=O)[C@H](O)CS(=O)(=O)c3ccc4cc(Cl)ccc4c3)CC1)C2. The lowest BCUT2D eigenvalue weighted by atomic mass is 10.0. The standard InChI is InChI=1S/C33H40ClN5O8S/c1-2-3-4-5-30(41)35-13-10-31(42)47-20-29-36-18-26-19-38(33(44)39(26)29)25-11-14-37(15-12-25)32(43)28(40)21-48(45,46)27-9-7-22-16-24(34)8-6-23(22)17-27/h6-9,16-18,25,28,40H,2-5,10-15,19-21H2,1H3,(H,35,41)/t28-/m1/s1. The lowest BCUT2D eigenvalue weighted by Gasteiger charge is -2.37. The van der Waals surface area contributed by atoms with Crippen LogP contribution in [0.15, 0.2) is 47.5 Å². The van der Waals surface area contributed by atoms with Crippen LogP contribution < -0.4 is 5.32 Å². The quantitative estimate of drug-likeness (QED) is 0.189. The molecule has 3 heterocycles. The number of hydrogen-bond donors (Lipinski definition) is 2. The first-order chi connectivity index (χ1) is 23.0. The van der Waals surface area contributed by atoms with Gasteiger partial charge in [-0.2, -0.15) is 0 Å². The highest BCUT2D eigenvalue weighted by Gasteiger charge is 2.38. The number of halogens is 1. The first-order valence-electron chi connectivity index (χ1n) is 16.1. The number of piperidine rings is 1. The highest BCUT2D eigenvalue weighted by molar-refractivity contribution is 7.91. The van der Waals surface area contributed by atoms with Crippen molar-refractivity contribution < 1.29 is 37.4 Å². The molecule has 2 aliphatic heterocycles. The van der Waals surface area contributed by atoms with Gasteiger partial charge in [0.15, 0.2) is 15.7 Å². The summed E-state index contributed by atoms with van der Waals surface area (Å²) in [6, 6.07) is 9.15. The van der Waals surface area contributed by atoms with E-state index in [0.717, 1.165) is 24.6 Å². The van der Waals surface area contributed by atoms with Crippen LogP contribution in [0.4, 0.5) is 4.79 Å². The molecular weight excluding hydrogens is 662 g/mol. The number of aliphatic hydroxyl groups is 1. The summed E-state index contributed by atoms with van der Waals surface area (Å²) in [5, 5.41) is 15.3. The Balaban J connectivity index is 1.08. The Morgan fingerprint density at radius 2 is 1.81 bits per heavy atom. The van der Waals surface area contributed by atoms with E-state index in [2.05, 4.69) is 17.2 Å². The fourth-order valence-electron chi connectivity index (χ4n) is 6.05. The van der Waals surface area contributed by atoms with Gasteiger partial charge in [-0.15, -0.1) is 0 Å². The van der Waals surface area contributed by atoms with E-state index in [1.807, 2.05) is 0 Å². The molecule has 1 atom stereocenters. The highest BCUT2D eigenvalue weighted by atomic mass is 35.5. The van der Waals surface area contributed by atoms with Gasteiger partial charge in [-0.1, -0.05) is 43.5 Å². The van der Waals surface area contributed by atoms with E-state index < -0.39 is 33.6 Å². The number of rotatable bonds is 14. The summed E-state index contributed by atoms with van der Waals surface area (Å²) in [7, 11) is -3.97. The van der Waals surface area contributed by atoms with Crippen molar-refractivity contribution in [1.29, 1.82) is 0 Å². The van der Waals surface area contributed by atoms with Gasteiger partial charge in [0.1, 0.15) is 12.7 Å². The van der Waals surface area contributed by atoms with E-state index in [9.17, 15) is 32.7 Å². The minimum absolute atomic E-state index is 0.00420. The van der Waals surface area contributed by atoms with Crippen LogP contribution >= 0.6 is 11.6 Å². The zero-order valence-electron chi connectivity index (χ0n) is 26.8. The summed E-state index contributed by atoms with van der Waals surface area (Å²) in [6.07, 6.45) is 3.94. The van der Waals surface area contributed by atoms with Gasteiger partial charge < -0.3 is 25.0 Å². The predicted octanol–water partition coefficient (Wildman–Crippen LogP) is 3.43. The van der Waals surface area contributed by atoms with Gasteiger partial charge in [0.05, 0.1) is 35.5 Å². The van der Waals surface area contributed by atoms with Crippen molar-refractivity contribution in [2.75, 3.05) is 25.4 Å². The van der Waals surface area contributed by atoms with Gasteiger partial charge in [0.2, 0.25) is 5.91 Å². The minimum Gasteiger partial charge on any atom is -0.457 e. The summed E-state index contributed by atoms with van der Waals surface area (Å²) in [5.41, 5.74) is 0.654. The van der Waals surface area contributed by atoms with Crippen LogP contribution in [0.5, 0.6) is 0 Å². The van der Waals surface area contributed by atoms with Crippen molar-refractivity contribution in [1.82, 2.24) is 24.7 Å². The summed E-state index contributed by atoms with van der Waals surface area (Å²) in [4.78, 5) is 57.8. The summed E-state index contributed by atoms with van der Waals surface area (Å²) in [5.74, 6) is -1.75. The normalized spacial score (nSPS) is 15.9. The fourth-order valence-corrected chi connectivity index (χ4v) is 7.56. The molecule has 0 radical (unpaired) electrons. The molecule has 1 aromatic heterocycles. The third kappa shape index (κ3) is 8.34. The van der Waals surface area contributed by atoms with E-state index in [1.54, 1.807) is 35.4 Å². The van der Waals surface area contributed by atoms with Crippen molar-refractivity contribution in [2.24, 2.45) is 0 Å². The van der Waals surface area contributed by atoms with Crippen LogP contribution in [0, 0.1) is 0 Å². The maximum absolute atomic E-state index is 13.4. The van der Waals surface area contributed by atoms with E-state index in [-0.39, 0.29) is 55.5 Å². The summed E-state index contributed by atoms with van der Waals surface area (Å²) >= 11 is 6.01. The van der Waals surface area contributed by atoms with Crippen LogP contribution in [0.25, 0.3) is 10.8 Å². The smallest absolute Gasteiger partial charge is 0.330 e. The molecule has 2 aromatic carbocycles. The maximum Gasteiger partial charge on any atom is 0.330 e. The van der Waals surface area contributed by atoms with Gasteiger partial charge in [0.25, 0.3) is 5.91 Å². The number of aliphatic hydroxyl groups excluding tert-OH is 1. The van der Waals surface area contributed by atoms with E-state index in [0.29, 0.717) is 47.7 Å². The molecule has 3 amide bonds. The Labute approximate surface area is 284 Å². The van der Waals surface area contributed by atoms with Crippen molar-refractivity contribution in [3.63, 3.8) is 0 Å². The minimum atomic E-state index is -3.97. The van der Waals surface area contributed by atoms with E-state index in [1.165, 1.54) is 21.6 Å². The second-order valence-electron chi connectivity index (χ2n) is 12.1. The molecule has 2 aliphatic rings. The van der Waals surface area contributed by atoms with Gasteiger partial charge in [-0.25, -0.2) is 22.8 Å². The van der Waals surface area contributed by atoms with Crippen molar-refractivity contribution in [3.8, 4) is 0 Å². The maximum atomic E-state index is 13.4. The number of sulfone groups is 1. The Morgan fingerprint density at radius 3 is 2.56 bits per heavy atom. The molecule has 5 rings (SSSR count). The highest BCUT2D eigenvalue weighted by Crippen LogP contribution is 2.27. The molecule has 3 aromatic rings. The lowest BCUT2D eigenvalue weighted by molar-refractivity contribution is -0.145. The van der Waals surface area contributed by atoms with Gasteiger partial charge >= 0.3 is 12.0 Å². The van der Waals surface area contributed by atoms with Crippen molar-refractivity contribution in [2.45, 2.75) is 82.1 Å². The molecule has 0 unspecified atom stereocenters. The molecular formula is C33H40ClN5O8S. The Morgan fingerprint density at radius 1 is 1.08 bits per heavy atom.